The molecule has 7 heteroatoms. The van der Waals surface area contributed by atoms with Gasteiger partial charge in [-0.05, 0) is 58.2 Å². The highest BCUT2D eigenvalue weighted by molar-refractivity contribution is 7.18. The highest BCUT2D eigenvalue weighted by atomic mass is 32.1. The molecule has 0 aromatic carbocycles. The Hall–Kier alpha value is -1.73. The van der Waals surface area contributed by atoms with E-state index >= 15 is 0 Å². The second-order valence-corrected chi connectivity index (χ2v) is 9.15. The van der Waals surface area contributed by atoms with E-state index in [4.69, 9.17) is 4.98 Å². The van der Waals surface area contributed by atoms with Gasteiger partial charge in [0.05, 0.1) is 11.9 Å². The van der Waals surface area contributed by atoms with Crippen LogP contribution in [-0.4, -0.2) is 40.5 Å². The zero-order valence-electron chi connectivity index (χ0n) is 17.0. The summed E-state index contributed by atoms with van der Waals surface area (Å²) < 4.78 is 1.57. The van der Waals surface area contributed by atoms with E-state index in [2.05, 4.69) is 12.2 Å². The van der Waals surface area contributed by atoms with Crippen molar-refractivity contribution in [1.29, 1.82) is 0 Å². The lowest BCUT2D eigenvalue weighted by molar-refractivity contribution is -0.122. The molecular weight excluding hydrogens is 360 g/mol. The van der Waals surface area contributed by atoms with Gasteiger partial charge in [0.1, 0.15) is 17.2 Å². The van der Waals surface area contributed by atoms with Crippen LogP contribution in [0.2, 0.25) is 0 Å². The molecule has 2 aromatic heterocycles. The van der Waals surface area contributed by atoms with Crippen LogP contribution in [0.3, 0.4) is 0 Å². The molecule has 3 rings (SSSR count). The van der Waals surface area contributed by atoms with E-state index < -0.39 is 0 Å². The molecule has 0 bridgehead atoms. The Bertz CT molecular complexity index is 899. The SMILES string of the molecule is CCC(C)NC(=O)Cn1c(CN(C)C)nc2sc3c(c2c1=O)CCC(C)C3. The van der Waals surface area contributed by atoms with Crippen LogP contribution in [0.25, 0.3) is 10.2 Å². The molecule has 2 heterocycles. The minimum Gasteiger partial charge on any atom is -0.352 e. The first-order valence-corrected chi connectivity index (χ1v) is 10.6. The number of fused-ring (bicyclic) bond motifs is 3. The maximum Gasteiger partial charge on any atom is 0.263 e. The van der Waals surface area contributed by atoms with E-state index in [0.717, 1.165) is 41.5 Å². The molecule has 1 aliphatic rings. The van der Waals surface area contributed by atoms with Crippen molar-refractivity contribution in [3.05, 3.63) is 26.6 Å². The molecular formula is C20H30N4O2S. The van der Waals surface area contributed by atoms with E-state index in [0.29, 0.717) is 18.3 Å². The molecule has 1 amide bonds. The summed E-state index contributed by atoms with van der Waals surface area (Å²) in [6.07, 6.45) is 3.91. The van der Waals surface area contributed by atoms with Gasteiger partial charge < -0.3 is 10.2 Å². The lowest BCUT2D eigenvalue weighted by atomic mass is 9.89. The Morgan fingerprint density at radius 1 is 1.44 bits per heavy atom. The smallest absolute Gasteiger partial charge is 0.263 e. The third-order valence-electron chi connectivity index (χ3n) is 5.27. The molecule has 0 aliphatic heterocycles. The molecule has 1 N–H and O–H groups in total. The monoisotopic (exact) mass is 390 g/mol. The molecule has 0 fully saturated rings. The molecule has 0 spiro atoms. The maximum atomic E-state index is 13.4. The number of hydrogen-bond donors (Lipinski definition) is 1. The van der Waals surface area contributed by atoms with Crippen LogP contribution in [0.15, 0.2) is 4.79 Å². The van der Waals surface area contributed by atoms with Crippen LogP contribution < -0.4 is 10.9 Å². The number of thiophene rings is 1. The number of aromatic nitrogens is 2. The van der Waals surface area contributed by atoms with Crippen LogP contribution in [0.4, 0.5) is 0 Å². The van der Waals surface area contributed by atoms with Crippen molar-refractivity contribution in [2.24, 2.45) is 5.92 Å². The van der Waals surface area contributed by atoms with Crippen LogP contribution in [0, 0.1) is 5.92 Å². The molecule has 27 heavy (non-hydrogen) atoms. The normalized spacial score (nSPS) is 17.9. The van der Waals surface area contributed by atoms with Gasteiger partial charge in [-0.15, -0.1) is 11.3 Å². The zero-order valence-corrected chi connectivity index (χ0v) is 17.8. The van der Waals surface area contributed by atoms with E-state index in [1.165, 1.54) is 4.88 Å². The van der Waals surface area contributed by atoms with E-state index in [1.54, 1.807) is 15.9 Å². The minimum atomic E-state index is -0.134. The summed E-state index contributed by atoms with van der Waals surface area (Å²) >= 11 is 1.66. The van der Waals surface area contributed by atoms with Crippen molar-refractivity contribution >= 4 is 27.5 Å². The molecule has 0 saturated carbocycles. The predicted octanol–water partition coefficient (Wildman–Crippen LogP) is 2.56. The van der Waals surface area contributed by atoms with Crippen molar-refractivity contribution in [2.75, 3.05) is 14.1 Å². The van der Waals surface area contributed by atoms with E-state index in [9.17, 15) is 9.59 Å². The minimum absolute atomic E-state index is 0.0241. The molecule has 2 unspecified atom stereocenters. The summed E-state index contributed by atoms with van der Waals surface area (Å²) in [7, 11) is 3.89. The third-order valence-corrected chi connectivity index (χ3v) is 6.42. The standard InChI is InChI=1S/C20H30N4O2S/c1-6-13(3)21-17(25)11-24-16(10-23(4)5)22-19-18(20(24)26)14-8-7-12(2)9-15(14)27-19/h12-13H,6-11H2,1-5H3,(H,21,25). The van der Waals surface area contributed by atoms with Gasteiger partial charge in [-0.3, -0.25) is 14.2 Å². The molecule has 1 aliphatic carbocycles. The number of carbonyl (C=O) groups excluding carboxylic acids is 1. The van der Waals surface area contributed by atoms with Crippen LogP contribution in [-0.2, 0) is 30.7 Å². The van der Waals surface area contributed by atoms with Crippen LogP contribution in [0.1, 0.15) is 49.9 Å². The predicted molar refractivity (Wildman–Crippen MR) is 110 cm³/mol. The number of nitrogens with one attached hydrogen (secondary N) is 1. The van der Waals surface area contributed by atoms with Gasteiger partial charge in [0.25, 0.3) is 5.56 Å². The quantitative estimate of drug-likeness (QED) is 0.823. The topological polar surface area (TPSA) is 67.2 Å². The van der Waals surface area contributed by atoms with Gasteiger partial charge in [0, 0.05) is 10.9 Å². The number of carbonyl (C=O) groups is 1. The van der Waals surface area contributed by atoms with Crippen molar-refractivity contribution in [1.82, 2.24) is 19.8 Å². The summed E-state index contributed by atoms with van der Waals surface area (Å²) in [5.41, 5.74) is 1.10. The fourth-order valence-corrected chi connectivity index (χ4v) is 4.99. The largest absolute Gasteiger partial charge is 0.352 e. The number of rotatable bonds is 6. The Kier molecular flexibility index (Phi) is 6.01. The molecule has 0 radical (unpaired) electrons. The Morgan fingerprint density at radius 2 is 2.19 bits per heavy atom. The third kappa shape index (κ3) is 4.24. The van der Waals surface area contributed by atoms with Crippen LogP contribution >= 0.6 is 11.3 Å². The molecule has 148 valence electrons. The Labute approximate surface area is 164 Å². The van der Waals surface area contributed by atoms with Crippen molar-refractivity contribution < 1.29 is 4.79 Å². The molecule has 0 saturated heterocycles. The first-order chi connectivity index (χ1) is 12.8. The van der Waals surface area contributed by atoms with Gasteiger partial charge in [0.15, 0.2) is 0 Å². The maximum absolute atomic E-state index is 13.4. The van der Waals surface area contributed by atoms with Gasteiger partial charge in [0.2, 0.25) is 5.91 Å². The zero-order chi connectivity index (χ0) is 19.7. The summed E-state index contributed by atoms with van der Waals surface area (Å²) in [5.74, 6) is 1.17. The average molecular weight is 391 g/mol. The number of aryl methyl sites for hydroxylation is 1. The summed E-state index contributed by atoms with van der Waals surface area (Å²) in [6.45, 7) is 6.81. The summed E-state index contributed by atoms with van der Waals surface area (Å²) in [6, 6.07) is 0.0950. The van der Waals surface area contributed by atoms with Crippen molar-refractivity contribution in [3.63, 3.8) is 0 Å². The van der Waals surface area contributed by atoms with Gasteiger partial charge >= 0.3 is 0 Å². The first-order valence-electron chi connectivity index (χ1n) is 9.78. The van der Waals surface area contributed by atoms with Gasteiger partial charge in [-0.1, -0.05) is 13.8 Å². The van der Waals surface area contributed by atoms with Gasteiger partial charge in [-0.25, -0.2) is 4.98 Å². The fraction of sp³-hybridized carbons (Fsp3) is 0.650. The summed E-state index contributed by atoms with van der Waals surface area (Å²) in [4.78, 5) is 34.8. The lowest BCUT2D eigenvalue weighted by Crippen LogP contribution is -2.39. The van der Waals surface area contributed by atoms with Crippen LogP contribution in [0.5, 0.6) is 0 Å². The highest BCUT2D eigenvalue weighted by Crippen LogP contribution is 2.35. The Balaban J connectivity index is 2.07. The number of nitrogens with zero attached hydrogens (tertiary/aromatic N) is 3. The molecule has 6 nitrogen and oxygen atoms in total. The first kappa shape index (κ1) is 20.0. The van der Waals surface area contributed by atoms with Gasteiger partial charge in [-0.2, -0.15) is 0 Å². The Morgan fingerprint density at radius 3 is 2.85 bits per heavy atom. The van der Waals surface area contributed by atoms with E-state index in [1.807, 2.05) is 32.8 Å². The van der Waals surface area contributed by atoms with E-state index in [-0.39, 0.29) is 24.1 Å². The second-order valence-electron chi connectivity index (χ2n) is 8.07. The fourth-order valence-electron chi connectivity index (χ4n) is 3.60. The highest BCUT2D eigenvalue weighted by Gasteiger charge is 2.25. The molecule has 2 atom stereocenters. The second kappa shape index (κ2) is 8.10. The lowest BCUT2D eigenvalue weighted by Gasteiger charge is -2.19. The number of hydrogen-bond acceptors (Lipinski definition) is 5. The number of amides is 1. The summed E-state index contributed by atoms with van der Waals surface area (Å²) in [5, 5.41) is 3.70. The van der Waals surface area contributed by atoms with Crippen molar-refractivity contribution in [3.8, 4) is 0 Å². The van der Waals surface area contributed by atoms with Crippen molar-refractivity contribution in [2.45, 2.75) is 65.6 Å². The average Bonchev–Trinajstić information content (AvgIpc) is 2.94. The molecule has 2 aromatic rings.